The van der Waals surface area contributed by atoms with Crippen LogP contribution in [-0.2, 0) is 13.0 Å². The molecule has 2 N–H and O–H groups in total. The van der Waals surface area contributed by atoms with Crippen molar-refractivity contribution >= 4 is 28.4 Å². The van der Waals surface area contributed by atoms with Gasteiger partial charge >= 0.3 is 0 Å². The van der Waals surface area contributed by atoms with Gasteiger partial charge in [-0.3, -0.25) is 4.79 Å². The van der Waals surface area contributed by atoms with E-state index in [1.54, 1.807) is 24.3 Å². The minimum atomic E-state index is -0.602. The summed E-state index contributed by atoms with van der Waals surface area (Å²) >= 11 is 6.05. The van der Waals surface area contributed by atoms with Gasteiger partial charge in [-0.25, -0.2) is 8.78 Å². The Hall–Kier alpha value is -3.18. The molecule has 1 heterocycles. The van der Waals surface area contributed by atoms with Crippen LogP contribution in [0.1, 0.15) is 27.0 Å². The zero-order chi connectivity index (χ0) is 20.4. The van der Waals surface area contributed by atoms with Gasteiger partial charge in [0.2, 0.25) is 0 Å². The quantitative estimate of drug-likeness (QED) is 0.440. The molecule has 0 saturated heterocycles. The Morgan fingerprint density at radius 1 is 0.931 bits per heavy atom. The van der Waals surface area contributed by atoms with Gasteiger partial charge in [0.05, 0.1) is 0 Å². The van der Waals surface area contributed by atoms with Crippen LogP contribution in [0.5, 0.6) is 0 Å². The lowest BCUT2D eigenvalue weighted by atomic mass is 10.0. The van der Waals surface area contributed by atoms with E-state index in [1.165, 1.54) is 12.1 Å². The highest BCUT2D eigenvalue weighted by Gasteiger charge is 2.09. The molecule has 4 rings (SSSR count). The maximum Gasteiger partial charge on any atom is 0.251 e. The van der Waals surface area contributed by atoms with Crippen molar-refractivity contribution in [1.82, 2.24) is 10.3 Å². The highest BCUT2D eigenvalue weighted by Crippen LogP contribution is 2.22. The van der Waals surface area contributed by atoms with Crippen LogP contribution < -0.4 is 5.32 Å². The first-order valence-corrected chi connectivity index (χ1v) is 9.43. The van der Waals surface area contributed by atoms with Crippen LogP contribution in [0.25, 0.3) is 10.9 Å². The predicted octanol–water partition coefficient (Wildman–Crippen LogP) is 5.62. The van der Waals surface area contributed by atoms with Crippen LogP contribution in [0.15, 0.2) is 66.9 Å². The number of carbonyl (C=O) groups is 1. The Morgan fingerprint density at radius 3 is 2.38 bits per heavy atom. The number of H-pyrrole nitrogens is 1. The minimum absolute atomic E-state index is 0.204. The van der Waals surface area contributed by atoms with Crippen molar-refractivity contribution in [2.75, 3.05) is 0 Å². The van der Waals surface area contributed by atoms with Crippen LogP contribution >= 0.6 is 11.6 Å². The number of nitrogens with one attached hydrogen (secondary N) is 2. The lowest BCUT2D eigenvalue weighted by Gasteiger charge is -2.07. The van der Waals surface area contributed by atoms with E-state index in [0.717, 1.165) is 28.1 Å². The van der Waals surface area contributed by atoms with E-state index in [0.29, 0.717) is 29.1 Å². The lowest BCUT2D eigenvalue weighted by Crippen LogP contribution is -2.22. The Labute approximate surface area is 171 Å². The van der Waals surface area contributed by atoms with Gasteiger partial charge in [-0.15, -0.1) is 0 Å². The summed E-state index contributed by atoms with van der Waals surface area (Å²) in [6.07, 6.45) is 2.23. The first kappa shape index (κ1) is 19.2. The third-order valence-electron chi connectivity index (χ3n) is 4.72. The molecule has 1 amide bonds. The van der Waals surface area contributed by atoms with Crippen molar-refractivity contribution < 1.29 is 13.6 Å². The van der Waals surface area contributed by atoms with Gasteiger partial charge in [-0.05, 0) is 65.6 Å². The minimum Gasteiger partial charge on any atom is -0.361 e. The van der Waals surface area contributed by atoms with Crippen molar-refractivity contribution in [1.29, 1.82) is 0 Å². The highest BCUT2D eigenvalue weighted by molar-refractivity contribution is 6.31. The molecule has 0 saturated carbocycles. The summed E-state index contributed by atoms with van der Waals surface area (Å²) in [6, 6.07) is 16.0. The molecule has 0 fully saturated rings. The number of aromatic amines is 1. The SMILES string of the molecule is O=C(NCc1c[nH]c2ccc(Cl)cc12)c1ccc(Cc2cc(F)cc(F)c2)cc1. The maximum absolute atomic E-state index is 13.3. The van der Waals surface area contributed by atoms with Gasteiger partial charge in [0, 0.05) is 40.3 Å². The highest BCUT2D eigenvalue weighted by atomic mass is 35.5. The molecule has 3 nitrogen and oxygen atoms in total. The van der Waals surface area contributed by atoms with Crippen molar-refractivity contribution in [3.63, 3.8) is 0 Å². The smallest absolute Gasteiger partial charge is 0.251 e. The number of carbonyl (C=O) groups excluding carboxylic acids is 1. The maximum atomic E-state index is 13.3. The van der Waals surface area contributed by atoms with Gasteiger partial charge in [-0.1, -0.05) is 23.7 Å². The Kier molecular flexibility index (Phi) is 5.32. The molecule has 0 radical (unpaired) electrons. The molecule has 1 aromatic heterocycles. The molecule has 146 valence electrons. The summed E-state index contributed by atoms with van der Waals surface area (Å²) in [4.78, 5) is 15.6. The summed E-state index contributed by atoms with van der Waals surface area (Å²) < 4.78 is 26.6. The van der Waals surface area contributed by atoms with Crippen LogP contribution in [0.4, 0.5) is 8.78 Å². The Balaban J connectivity index is 1.42. The second-order valence-electron chi connectivity index (χ2n) is 6.84. The zero-order valence-corrected chi connectivity index (χ0v) is 16.1. The molecule has 0 aliphatic heterocycles. The molecule has 4 aromatic rings. The number of amides is 1. The summed E-state index contributed by atoms with van der Waals surface area (Å²) in [6.45, 7) is 0.365. The topological polar surface area (TPSA) is 44.9 Å². The molecule has 0 atom stereocenters. The van der Waals surface area contributed by atoms with Crippen molar-refractivity contribution in [3.8, 4) is 0 Å². The molecule has 29 heavy (non-hydrogen) atoms. The van der Waals surface area contributed by atoms with Gasteiger partial charge in [-0.2, -0.15) is 0 Å². The van der Waals surface area contributed by atoms with E-state index in [4.69, 9.17) is 11.6 Å². The van der Waals surface area contributed by atoms with Crippen molar-refractivity contribution in [2.24, 2.45) is 0 Å². The Bertz CT molecular complexity index is 1170. The number of hydrogen-bond donors (Lipinski definition) is 2. The van der Waals surface area contributed by atoms with Crippen molar-refractivity contribution in [3.05, 3.63) is 106 Å². The van der Waals surface area contributed by atoms with Crippen LogP contribution in [-0.4, -0.2) is 10.9 Å². The van der Waals surface area contributed by atoms with Crippen LogP contribution in [0.3, 0.4) is 0 Å². The fraction of sp³-hybridized carbons (Fsp3) is 0.0870. The molecule has 0 bridgehead atoms. The van der Waals surface area contributed by atoms with E-state index in [-0.39, 0.29) is 5.91 Å². The Morgan fingerprint density at radius 2 is 1.66 bits per heavy atom. The molecule has 0 aliphatic rings. The average Bonchev–Trinajstić information content (AvgIpc) is 3.08. The lowest BCUT2D eigenvalue weighted by molar-refractivity contribution is 0.0951. The number of benzene rings is 3. The molecular formula is C23H17ClF2N2O. The monoisotopic (exact) mass is 410 g/mol. The van der Waals surface area contributed by atoms with E-state index < -0.39 is 11.6 Å². The number of halogens is 3. The fourth-order valence-corrected chi connectivity index (χ4v) is 3.47. The standard InChI is InChI=1S/C23H17ClF2N2O/c24-18-5-6-22-21(10-18)17(12-27-22)13-28-23(29)16-3-1-14(2-4-16)7-15-8-19(25)11-20(26)9-15/h1-6,8-12,27H,7,13H2,(H,28,29). The third-order valence-corrected chi connectivity index (χ3v) is 4.95. The second-order valence-corrected chi connectivity index (χ2v) is 7.27. The molecule has 0 spiro atoms. The molecule has 6 heteroatoms. The largest absolute Gasteiger partial charge is 0.361 e. The second kappa shape index (κ2) is 8.05. The first-order valence-electron chi connectivity index (χ1n) is 9.05. The third kappa shape index (κ3) is 4.46. The van der Waals surface area contributed by atoms with Gasteiger partial charge in [0.1, 0.15) is 11.6 Å². The van der Waals surface area contributed by atoms with E-state index in [2.05, 4.69) is 10.3 Å². The van der Waals surface area contributed by atoms with Gasteiger partial charge in [0.15, 0.2) is 0 Å². The van der Waals surface area contributed by atoms with Crippen LogP contribution in [0, 0.1) is 11.6 Å². The molecule has 3 aromatic carbocycles. The van der Waals surface area contributed by atoms with E-state index in [9.17, 15) is 13.6 Å². The summed E-state index contributed by atoms with van der Waals surface area (Å²) in [5.74, 6) is -1.41. The van der Waals surface area contributed by atoms with Gasteiger partial charge in [0.25, 0.3) is 5.91 Å². The number of hydrogen-bond acceptors (Lipinski definition) is 1. The fourth-order valence-electron chi connectivity index (χ4n) is 3.30. The number of fused-ring (bicyclic) bond motifs is 1. The molecular weight excluding hydrogens is 394 g/mol. The van der Waals surface area contributed by atoms with Crippen LogP contribution in [0.2, 0.25) is 5.02 Å². The van der Waals surface area contributed by atoms with E-state index >= 15 is 0 Å². The molecule has 0 aliphatic carbocycles. The summed E-state index contributed by atoms with van der Waals surface area (Å²) in [5, 5.41) is 4.50. The normalized spacial score (nSPS) is 11.0. The molecule has 0 unspecified atom stereocenters. The first-order chi connectivity index (χ1) is 14.0. The summed E-state index contributed by atoms with van der Waals surface area (Å²) in [7, 11) is 0. The average molecular weight is 411 g/mol. The van der Waals surface area contributed by atoms with Crippen molar-refractivity contribution in [2.45, 2.75) is 13.0 Å². The van der Waals surface area contributed by atoms with Gasteiger partial charge < -0.3 is 10.3 Å². The summed E-state index contributed by atoms with van der Waals surface area (Å²) in [5.41, 5.74) is 3.81. The number of aromatic nitrogens is 1. The number of rotatable bonds is 5. The van der Waals surface area contributed by atoms with E-state index in [1.807, 2.05) is 24.4 Å². The zero-order valence-electron chi connectivity index (χ0n) is 15.3. The predicted molar refractivity (Wildman–Crippen MR) is 110 cm³/mol.